The van der Waals surface area contributed by atoms with Gasteiger partial charge in [-0.25, -0.2) is 0 Å². The van der Waals surface area contributed by atoms with Gasteiger partial charge in [0.15, 0.2) is 11.5 Å². The first kappa shape index (κ1) is 17.6. The minimum atomic E-state index is -0.612. The van der Waals surface area contributed by atoms with Gasteiger partial charge in [0.1, 0.15) is 12.2 Å². The summed E-state index contributed by atoms with van der Waals surface area (Å²) in [6, 6.07) is 4.29. The highest BCUT2D eigenvalue weighted by molar-refractivity contribution is 5.61. The summed E-state index contributed by atoms with van der Waals surface area (Å²) < 4.78 is 6.25. The topological polar surface area (TPSA) is 52.9 Å². The summed E-state index contributed by atoms with van der Waals surface area (Å²) in [6.07, 6.45) is 8.76. The average Bonchev–Trinajstić information content (AvgIpc) is 3.03. The maximum absolute atomic E-state index is 10.7. The third-order valence-electron chi connectivity index (χ3n) is 8.46. The number of hydrogen-bond acceptors (Lipinski definition) is 4. The van der Waals surface area contributed by atoms with Crippen LogP contribution >= 0.6 is 0 Å². The molecule has 2 aliphatic heterocycles. The van der Waals surface area contributed by atoms with Crippen molar-refractivity contribution < 1.29 is 14.9 Å². The van der Waals surface area contributed by atoms with E-state index >= 15 is 0 Å². The number of phenolic OH excluding ortho intramolecular Hbond substituents is 1. The molecule has 1 aromatic rings. The molecule has 27 heavy (non-hydrogen) atoms. The Kier molecular flexibility index (Phi) is 3.74. The first-order chi connectivity index (χ1) is 13.0. The number of nitrogens with zero attached hydrogens (tertiary/aromatic N) is 1. The standard InChI is InChI=1S/C23H31NO3/c1-4-22(5-2,6-3)24-12-11-23-15-8-10-18(26)21(23)27-20-17(25)9-7-14(19(20)23)13-16(15)24/h7-10,15-16,18,21,25-26H,4-6,11-13H2,1-3H3/t15-,16+,18-,21-,23-/m0/s1. The van der Waals surface area contributed by atoms with Gasteiger partial charge in [0.2, 0.25) is 0 Å². The Hall–Kier alpha value is -1.52. The van der Waals surface area contributed by atoms with Crippen LogP contribution in [0.25, 0.3) is 0 Å². The molecule has 2 heterocycles. The Morgan fingerprint density at radius 2 is 1.93 bits per heavy atom. The van der Waals surface area contributed by atoms with E-state index in [2.05, 4.69) is 37.8 Å². The minimum absolute atomic E-state index is 0.196. The van der Waals surface area contributed by atoms with Crippen LogP contribution in [0.2, 0.25) is 0 Å². The number of rotatable bonds is 4. The molecule has 0 amide bonds. The Morgan fingerprint density at radius 3 is 2.63 bits per heavy atom. The van der Waals surface area contributed by atoms with Crippen LogP contribution in [-0.2, 0) is 11.8 Å². The molecule has 0 radical (unpaired) electrons. The number of phenols is 1. The molecule has 2 bridgehead atoms. The predicted molar refractivity (Wildman–Crippen MR) is 105 cm³/mol. The summed E-state index contributed by atoms with van der Waals surface area (Å²) in [4.78, 5) is 2.79. The van der Waals surface area contributed by atoms with Crippen molar-refractivity contribution in [2.24, 2.45) is 5.92 Å². The third-order valence-corrected chi connectivity index (χ3v) is 8.46. The summed E-state index contributed by atoms with van der Waals surface area (Å²) >= 11 is 0. The molecule has 4 heteroatoms. The lowest BCUT2D eigenvalue weighted by molar-refractivity contribution is -0.0890. The van der Waals surface area contributed by atoms with Gasteiger partial charge in [-0.05, 0) is 43.7 Å². The fourth-order valence-corrected chi connectivity index (χ4v) is 7.00. The van der Waals surface area contributed by atoms with Gasteiger partial charge in [0, 0.05) is 35.0 Å². The lowest BCUT2D eigenvalue weighted by Crippen LogP contribution is -2.69. The van der Waals surface area contributed by atoms with Crippen molar-refractivity contribution >= 4 is 0 Å². The first-order valence-electron chi connectivity index (χ1n) is 10.7. The zero-order valence-electron chi connectivity index (χ0n) is 16.6. The molecule has 0 aromatic heterocycles. The SMILES string of the molecule is CCC(CC)(CC)N1CC[C@]23c4c5ccc(O)c4O[C@H]2[C@@H](O)C=C[C@H]3[C@H]1C5. The molecule has 0 unspecified atom stereocenters. The molecule has 5 rings (SSSR count). The molecule has 5 atom stereocenters. The normalized spacial score (nSPS) is 36.4. The number of benzene rings is 1. The van der Waals surface area contributed by atoms with Gasteiger partial charge in [-0.15, -0.1) is 0 Å². The number of piperidine rings is 1. The summed E-state index contributed by atoms with van der Waals surface area (Å²) in [5.74, 6) is 1.18. The Balaban J connectivity index is 1.70. The fourth-order valence-electron chi connectivity index (χ4n) is 7.00. The molecule has 1 spiro atoms. The van der Waals surface area contributed by atoms with E-state index in [1.807, 2.05) is 6.08 Å². The van der Waals surface area contributed by atoms with Crippen molar-refractivity contribution in [3.05, 3.63) is 35.4 Å². The largest absolute Gasteiger partial charge is 0.504 e. The van der Waals surface area contributed by atoms with E-state index in [4.69, 9.17) is 4.74 Å². The van der Waals surface area contributed by atoms with Crippen molar-refractivity contribution in [3.8, 4) is 11.5 Å². The molecule has 1 fully saturated rings. The van der Waals surface area contributed by atoms with Gasteiger partial charge in [-0.3, -0.25) is 4.90 Å². The van der Waals surface area contributed by atoms with Crippen molar-refractivity contribution in [2.45, 2.75) is 82.1 Å². The van der Waals surface area contributed by atoms with Crippen LogP contribution in [0.1, 0.15) is 57.6 Å². The highest BCUT2D eigenvalue weighted by atomic mass is 16.5. The van der Waals surface area contributed by atoms with Crippen LogP contribution in [0, 0.1) is 5.92 Å². The van der Waals surface area contributed by atoms with Crippen LogP contribution in [0.15, 0.2) is 24.3 Å². The fraction of sp³-hybridized carbons (Fsp3) is 0.652. The summed E-state index contributed by atoms with van der Waals surface area (Å²) in [7, 11) is 0. The Labute approximate surface area is 161 Å². The van der Waals surface area contributed by atoms with Crippen LogP contribution in [-0.4, -0.2) is 45.4 Å². The molecule has 2 aliphatic carbocycles. The van der Waals surface area contributed by atoms with Crippen molar-refractivity contribution in [1.29, 1.82) is 0 Å². The molecule has 0 saturated carbocycles. The molecule has 1 aromatic carbocycles. The van der Waals surface area contributed by atoms with E-state index in [-0.39, 0.29) is 22.8 Å². The van der Waals surface area contributed by atoms with Crippen LogP contribution in [0.4, 0.5) is 0 Å². The van der Waals surface area contributed by atoms with Gasteiger partial charge in [0.05, 0.1) is 0 Å². The zero-order chi connectivity index (χ0) is 19.0. The zero-order valence-corrected chi connectivity index (χ0v) is 16.6. The quantitative estimate of drug-likeness (QED) is 0.797. The van der Waals surface area contributed by atoms with Crippen molar-refractivity contribution in [1.82, 2.24) is 4.90 Å². The van der Waals surface area contributed by atoms with Crippen LogP contribution in [0.3, 0.4) is 0 Å². The third kappa shape index (κ3) is 1.96. The highest BCUT2D eigenvalue weighted by Crippen LogP contribution is 2.63. The van der Waals surface area contributed by atoms with Gasteiger partial charge in [-0.1, -0.05) is 39.0 Å². The van der Waals surface area contributed by atoms with Gasteiger partial charge in [0.25, 0.3) is 0 Å². The van der Waals surface area contributed by atoms with Gasteiger partial charge >= 0.3 is 0 Å². The number of likely N-dealkylation sites (tertiary alicyclic amines) is 1. The van der Waals surface area contributed by atoms with E-state index in [1.165, 1.54) is 11.1 Å². The maximum atomic E-state index is 10.7. The lowest BCUT2D eigenvalue weighted by Gasteiger charge is -2.61. The van der Waals surface area contributed by atoms with E-state index < -0.39 is 6.10 Å². The smallest absolute Gasteiger partial charge is 0.165 e. The molecular formula is C23H31NO3. The van der Waals surface area contributed by atoms with Crippen LogP contribution < -0.4 is 4.74 Å². The number of ether oxygens (including phenoxy) is 1. The molecule has 4 aliphatic rings. The highest BCUT2D eigenvalue weighted by Gasteiger charge is 2.65. The van der Waals surface area contributed by atoms with E-state index in [0.717, 1.165) is 38.6 Å². The van der Waals surface area contributed by atoms with E-state index in [0.29, 0.717) is 17.7 Å². The minimum Gasteiger partial charge on any atom is -0.504 e. The van der Waals surface area contributed by atoms with Crippen LogP contribution in [0.5, 0.6) is 11.5 Å². The van der Waals surface area contributed by atoms with Gasteiger partial charge in [-0.2, -0.15) is 0 Å². The molecule has 146 valence electrons. The van der Waals surface area contributed by atoms with Gasteiger partial charge < -0.3 is 14.9 Å². The summed E-state index contributed by atoms with van der Waals surface area (Å²) in [6.45, 7) is 8.01. The predicted octanol–water partition coefficient (Wildman–Crippen LogP) is 3.54. The van der Waals surface area contributed by atoms with E-state index in [1.54, 1.807) is 6.07 Å². The van der Waals surface area contributed by atoms with Crippen molar-refractivity contribution in [2.75, 3.05) is 6.54 Å². The summed E-state index contributed by atoms with van der Waals surface area (Å²) in [5.41, 5.74) is 2.53. The number of aliphatic hydroxyl groups is 1. The Morgan fingerprint density at radius 1 is 1.19 bits per heavy atom. The number of aromatic hydroxyl groups is 1. The number of hydrogen-bond donors (Lipinski definition) is 2. The molecular weight excluding hydrogens is 338 g/mol. The lowest BCUT2D eigenvalue weighted by atomic mass is 9.52. The molecule has 2 N–H and O–H groups in total. The monoisotopic (exact) mass is 369 g/mol. The van der Waals surface area contributed by atoms with Crippen molar-refractivity contribution in [3.63, 3.8) is 0 Å². The second kappa shape index (κ2) is 5.74. The first-order valence-corrected chi connectivity index (χ1v) is 10.7. The second-order valence-electron chi connectivity index (χ2n) is 8.93. The van der Waals surface area contributed by atoms with E-state index in [9.17, 15) is 10.2 Å². The molecule has 1 saturated heterocycles. The second-order valence-corrected chi connectivity index (χ2v) is 8.93. The summed E-state index contributed by atoms with van der Waals surface area (Å²) in [5, 5.41) is 21.2. The Bertz CT molecular complexity index is 791. The molecule has 4 nitrogen and oxygen atoms in total. The number of aliphatic hydroxyl groups excluding tert-OH is 1. The maximum Gasteiger partial charge on any atom is 0.165 e. The average molecular weight is 370 g/mol.